The van der Waals surface area contributed by atoms with Crippen LogP contribution in [0.4, 0.5) is 0 Å². The van der Waals surface area contributed by atoms with E-state index in [-0.39, 0.29) is 6.10 Å². The van der Waals surface area contributed by atoms with Crippen molar-refractivity contribution in [2.75, 3.05) is 0 Å². The van der Waals surface area contributed by atoms with Gasteiger partial charge in [0.2, 0.25) is 0 Å². The minimum absolute atomic E-state index is 0.118. The molecule has 4 atom stereocenters. The monoisotopic (exact) mass is 245 g/mol. The van der Waals surface area contributed by atoms with Gasteiger partial charge in [-0.05, 0) is 38.2 Å². The van der Waals surface area contributed by atoms with Gasteiger partial charge in [-0.3, -0.25) is 4.90 Å². The van der Waals surface area contributed by atoms with E-state index >= 15 is 0 Å². The number of rotatable bonds is 2. The van der Waals surface area contributed by atoms with Gasteiger partial charge in [0.1, 0.15) is 0 Å². The Morgan fingerprint density at radius 2 is 1.89 bits per heavy atom. The summed E-state index contributed by atoms with van der Waals surface area (Å²) in [6.07, 6.45) is 5.79. The lowest BCUT2D eigenvalue weighted by Gasteiger charge is -2.51. The van der Waals surface area contributed by atoms with E-state index in [9.17, 15) is 5.11 Å². The SMILES string of the molecule is CC(c1ccccc1)N1[C@@H]2CCC[C@H]1[C@H](O)CC2. The van der Waals surface area contributed by atoms with Crippen molar-refractivity contribution in [2.45, 2.75) is 63.3 Å². The summed E-state index contributed by atoms with van der Waals surface area (Å²) < 4.78 is 0. The molecule has 2 aliphatic rings. The molecule has 0 saturated carbocycles. The number of hydrogen-bond acceptors (Lipinski definition) is 2. The van der Waals surface area contributed by atoms with Gasteiger partial charge in [-0.1, -0.05) is 36.8 Å². The Bertz CT molecular complexity index is 391. The van der Waals surface area contributed by atoms with E-state index in [0.717, 1.165) is 19.3 Å². The second kappa shape index (κ2) is 5.02. The molecule has 0 radical (unpaired) electrons. The molecule has 18 heavy (non-hydrogen) atoms. The third kappa shape index (κ3) is 2.08. The Balaban J connectivity index is 1.86. The Morgan fingerprint density at radius 3 is 2.67 bits per heavy atom. The molecule has 2 bridgehead atoms. The zero-order valence-corrected chi connectivity index (χ0v) is 11.1. The van der Waals surface area contributed by atoms with Crippen molar-refractivity contribution in [3.63, 3.8) is 0 Å². The van der Waals surface area contributed by atoms with Crippen molar-refractivity contribution in [3.8, 4) is 0 Å². The molecule has 2 saturated heterocycles. The number of nitrogens with zero attached hydrogens (tertiary/aromatic N) is 1. The Kier molecular flexibility index (Phi) is 3.40. The fourth-order valence-electron chi connectivity index (χ4n) is 3.88. The highest BCUT2D eigenvalue weighted by Gasteiger charge is 2.41. The van der Waals surface area contributed by atoms with Crippen LogP contribution in [0.25, 0.3) is 0 Å². The summed E-state index contributed by atoms with van der Waals surface area (Å²) in [4.78, 5) is 2.59. The molecule has 0 amide bonds. The van der Waals surface area contributed by atoms with E-state index in [1.54, 1.807) is 0 Å². The predicted octanol–water partition coefficient (Wildman–Crippen LogP) is 3.13. The molecule has 2 heteroatoms. The molecule has 1 N–H and O–H groups in total. The van der Waals surface area contributed by atoms with Gasteiger partial charge in [0.25, 0.3) is 0 Å². The van der Waals surface area contributed by atoms with E-state index in [4.69, 9.17) is 0 Å². The van der Waals surface area contributed by atoms with Crippen LogP contribution in [0.3, 0.4) is 0 Å². The predicted molar refractivity (Wildman–Crippen MR) is 73.4 cm³/mol. The average molecular weight is 245 g/mol. The molecule has 2 aliphatic heterocycles. The maximum atomic E-state index is 10.2. The minimum Gasteiger partial charge on any atom is -0.391 e. The standard InChI is InChI=1S/C16H23NO/c1-12(13-6-3-2-4-7-13)17-14-8-5-9-15(17)16(18)11-10-14/h2-4,6-7,12,14-16,18H,5,8-11H2,1H3/t12?,14-,15+,16-/m1/s1. The highest BCUT2D eigenvalue weighted by atomic mass is 16.3. The summed E-state index contributed by atoms with van der Waals surface area (Å²) in [6.45, 7) is 2.29. The first-order chi connectivity index (χ1) is 8.77. The minimum atomic E-state index is -0.118. The summed E-state index contributed by atoms with van der Waals surface area (Å²) in [7, 11) is 0. The lowest BCUT2D eigenvalue weighted by atomic mass is 9.81. The highest BCUT2D eigenvalue weighted by molar-refractivity contribution is 5.19. The van der Waals surface area contributed by atoms with Crippen molar-refractivity contribution in [3.05, 3.63) is 35.9 Å². The lowest BCUT2D eigenvalue weighted by molar-refractivity contribution is -0.0685. The van der Waals surface area contributed by atoms with Crippen molar-refractivity contribution in [1.82, 2.24) is 4.90 Å². The summed E-state index contributed by atoms with van der Waals surface area (Å²) in [5.41, 5.74) is 1.38. The quantitative estimate of drug-likeness (QED) is 0.865. The van der Waals surface area contributed by atoms with Crippen molar-refractivity contribution < 1.29 is 5.11 Å². The van der Waals surface area contributed by atoms with Crippen LogP contribution in [0.2, 0.25) is 0 Å². The van der Waals surface area contributed by atoms with Gasteiger partial charge in [-0.15, -0.1) is 0 Å². The first-order valence-corrected chi connectivity index (χ1v) is 7.28. The van der Waals surface area contributed by atoms with E-state index in [1.807, 2.05) is 0 Å². The van der Waals surface area contributed by atoms with Crippen LogP contribution in [-0.2, 0) is 0 Å². The Morgan fingerprint density at radius 1 is 1.11 bits per heavy atom. The zero-order valence-electron chi connectivity index (χ0n) is 11.1. The fourth-order valence-corrected chi connectivity index (χ4v) is 3.88. The first kappa shape index (κ1) is 12.2. The molecule has 0 spiro atoms. The maximum absolute atomic E-state index is 10.2. The van der Waals surface area contributed by atoms with Crippen LogP contribution in [0.5, 0.6) is 0 Å². The van der Waals surface area contributed by atoms with Gasteiger partial charge in [0, 0.05) is 18.1 Å². The average Bonchev–Trinajstić information content (AvgIpc) is 2.43. The number of aliphatic hydroxyl groups excluding tert-OH is 1. The van der Waals surface area contributed by atoms with Crippen LogP contribution in [-0.4, -0.2) is 28.2 Å². The van der Waals surface area contributed by atoms with E-state index in [2.05, 4.69) is 42.2 Å². The lowest BCUT2D eigenvalue weighted by Crippen LogP contribution is -2.56. The molecule has 98 valence electrons. The Labute approximate surface area is 110 Å². The third-order valence-electron chi connectivity index (χ3n) is 4.81. The number of piperidine rings is 2. The van der Waals surface area contributed by atoms with Crippen LogP contribution in [0, 0.1) is 0 Å². The normalized spacial score (nSPS) is 34.2. The molecule has 3 rings (SSSR count). The van der Waals surface area contributed by atoms with E-state index in [0.29, 0.717) is 18.1 Å². The molecule has 2 heterocycles. The highest BCUT2D eigenvalue weighted by Crippen LogP contribution is 2.39. The third-order valence-corrected chi connectivity index (χ3v) is 4.81. The van der Waals surface area contributed by atoms with Crippen molar-refractivity contribution in [1.29, 1.82) is 0 Å². The van der Waals surface area contributed by atoms with E-state index in [1.165, 1.54) is 18.4 Å². The van der Waals surface area contributed by atoms with Gasteiger partial charge in [-0.2, -0.15) is 0 Å². The molecule has 0 aromatic heterocycles. The second-order valence-corrected chi connectivity index (χ2v) is 5.83. The van der Waals surface area contributed by atoms with Crippen LogP contribution < -0.4 is 0 Å². The second-order valence-electron chi connectivity index (χ2n) is 5.83. The number of benzene rings is 1. The zero-order chi connectivity index (χ0) is 12.5. The molecule has 1 unspecified atom stereocenters. The van der Waals surface area contributed by atoms with Gasteiger partial charge in [0.05, 0.1) is 6.10 Å². The topological polar surface area (TPSA) is 23.5 Å². The molecule has 0 aliphatic carbocycles. The number of aliphatic hydroxyl groups is 1. The van der Waals surface area contributed by atoms with Gasteiger partial charge in [-0.25, -0.2) is 0 Å². The van der Waals surface area contributed by atoms with Gasteiger partial charge in [0.15, 0.2) is 0 Å². The first-order valence-electron chi connectivity index (χ1n) is 7.28. The van der Waals surface area contributed by atoms with Crippen LogP contribution in [0.15, 0.2) is 30.3 Å². The summed E-state index contributed by atoms with van der Waals surface area (Å²) in [5, 5.41) is 10.2. The summed E-state index contributed by atoms with van der Waals surface area (Å²) in [6, 6.07) is 12.2. The largest absolute Gasteiger partial charge is 0.391 e. The molecule has 1 aromatic carbocycles. The molecular formula is C16H23NO. The number of hydrogen-bond donors (Lipinski definition) is 1. The van der Waals surface area contributed by atoms with Crippen molar-refractivity contribution >= 4 is 0 Å². The molecular weight excluding hydrogens is 222 g/mol. The fraction of sp³-hybridized carbons (Fsp3) is 0.625. The maximum Gasteiger partial charge on any atom is 0.0696 e. The van der Waals surface area contributed by atoms with Gasteiger partial charge < -0.3 is 5.11 Å². The van der Waals surface area contributed by atoms with Crippen molar-refractivity contribution in [2.24, 2.45) is 0 Å². The number of fused-ring (bicyclic) bond motifs is 2. The Hall–Kier alpha value is -0.860. The van der Waals surface area contributed by atoms with Crippen LogP contribution in [0.1, 0.15) is 50.6 Å². The molecule has 2 nitrogen and oxygen atoms in total. The molecule has 1 aromatic rings. The molecule has 2 fully saturated rings. The smallest absolute Gasteiger partial charge is 0.0696 e. The summed E-state index contributed by atoms with van der Waals surface area (Å²) >= 11 is 0. The van der Waals surface area contributed by atoms with Crippen LogP contribution >= 0.6 is 0 Å². The summed E-state index contributed by atoms with van der Waals surface area (Å²) in [5.74, 6) is 0. The van der Waals surface area contributed by atoms with E-state index < -0.39 is 0 Å². The van der Waals surface area contributed by atoms with Gasteiger partial charge >= 0.3 is 0 Å².